The van der Waals surface area contributed by atoms with E-state index in [4.69, 9.17) is 30.8 Å². The summed E-state index contributed by atoms with van der Waals surface area (Å²) in [6, 6.07) is 139. The molecule has 0 bridgehead atoms. The summed E-state index contributed by atoms with van der Waals surface area (Å²) in [6.07, 6.45) is 9.20. The van der Waals surface area contributed by atoms with Crippen LogP contribution >= 0.6 is 43.3 Å². The topological polar surface area (TPSA) is 159 Å². The van der Waals surface area contributed by atoms with Crippen LogP contribution in [0.2, 0.25) is 5.15 Å². The first-order valence-electron chi connectivity index (χ1n) is 38.4. The van der Waals surface area contributed by atoms with Gasteiger partial charge in [0.15, 0.2) is 11.4 Å². The summed E-state index contributed by atoms with van der Waals surface area (Å²) in [5.74, 6) is -1.55. The van der Waals surface area contributed by atoms with Gasteiger partial charge >= 0.3 is 19.1 Å². The van der Waals surface area contributed by atoms with Crippen LogP contribution in [-0.2, 0) is 34.5 Å². The van der Waals surface area contributed by atoms with E-state index in [-0.39, 0.29) is 55.3 Å². The van der Waals surface area contributed by atoms with Crippen molar-refractivity contribution in [1.29, 1.82) is 0 Å². The summed E-state index contributed by atoms with van der Waals surface area (Å²) in [5, 5.41) is 25.8. The zero-order chi connectivity index (χ0) is 82.4. The van der Waals surface area contributed by atoms with Gasteiger partial charge in [0, 0.05) is 56.8 Å². The molecule has 0 aliphatic carbocycles. The maximum absolute atomic E-state index is 11.0. The Morgan fingerprint density at radius 2 is 0.580 bits per heavy atom. The minimum Gasteiger partial charge on any atom is -0.477 e. The number of aromatic carboxylic acids is 1. The van der Waals surface area contributed by atoms with Crippen molar-refractivity contribution in [2.75, 3.05) is 6.61 Å². The summed E-state index contributed by atoms with van der Waals surface area (Å²) in [5.41, 5.74) is 2.01. The van der Waals surface area contributed by atoms with Crippen molar-refractivity contribution < 1.29 is 49.2 Å². The molecule has 0 atom stereocenters. The molecule has 5 heterocycles. The quantitative estimate of drug-likeness (QED) is 0.0398. The molecule has 16 aromatic rings. The number of carboxylic acid groups (broad SMARTS) is 1. The maximum Gasteiger partial charge on any atom is 0.494 e. The molecule has 19 heteroatoms. The number of carbonyl (C=O) groups excluding carboxylic acids is 1. The minimum absolute atomic E-state index is 0. The molecular weight excluding hydrogens is 1660 g/mol. The number of esters is 1. The van der Waals surface area contributed by atoms with Crippen molar-refractivity contribution in [1.82, 2.24) is 29.9 Å². The Balaban J connectivity index is 0.000000147. The fraction of sp³-hybridized carbons (Fsp3) is 0.0800. The Kier molecular flexibility index (Phi) is 36.3. The Bertz CT molecular complexity index is 4700. The summed E-state index contributed by atoms with van der Waals surface area (Å²) in [4.78, 5) is 44.5. The predicted octanol–water partition coefficient (Wildman–Crippen LogP) is 17.7. The number of benzene rings is 12. The van der Waals surface area contributed by atoms with Crippen molar-refractivity contribution in [3.05, 3.63) is 454 Å². The third-order valence-electron chi connectivity index (χ3n) is 18.4. The van der Waals surface area contributed by atoms with Crippen LogP contribution in [0.3, 0.4) is 0 Å². The van der Waals surface area contributed by atoms with E-state index in [1.54, 1.807) is 43.8 Å². The number of aromatic nitrogens is 6. The number of nitrogens with zero attached hydrogens (tertiary/aromatic N) is 6. The molecule has 1 saturated heterocycles. The van der Waals surface area contributed by atoms with E-state index in [1.807, 2.05) is 39.8 Å². The number of hydrogen-bond donors (Lipinski definition) is 1. The van der Waals surface area contributed by atoms with Crippen molar-refractivity contribution in [2.45, 2.75) is 45.8 Å². The molecule has 1 aliphatic rings. The van der Waals surface area contributed by atoms with Crippen molar-refractivity contribution in [3.63, 3.8) is 0 Å². The number of hydrogen-bond acceptors (Lipinski definition) is 11. The third kappa shape index (κ3) is 27.4. The predicted molar refractivity (Wildman–Crippen MR) is 496 cm³/mol. The second-order valence-electron chi connectivity index (χ2n) is 27.0. The SMILES string of the molecule is CC1(C)OB(c2ccncc2)OC1(C)C.CCOC(=O)c1cc(Cl)ncn1.O=C(O)c1cc(-c2ccncc2)ncn1.[Pd].c1ccc(P(c2ccccc2)c2ccccc2)cc1.c1ccc(P(c2ccccc2)c2ccccc2)cc1.c1ccc(P(c2ccccc2)c2ccccc2)cc1.c1ccc(P(c2ccccc2)c2ccccc2)cc1. The minimum atomic E-state index is -1.06. The Morgan fingerprint density at radius 1 is 0.345 bits per heavy atom. The van der Waals surface area contributed by atoms with Gasteiger partial charge < -0.3 is 19.2 Å². The van der Waals surface area contributed by atoms with Crippen LogP contribution in [0.25, 0.3) is 11.3 Å². The zero-order valence-electron chi connectivity index (χ0n) is 66.5. The zero-order valence-corrected chi connectivity index (χ0v) is 72.4. The molecule has 0 spiro atoms. The third-order valence-corrected chi connectivity index (χ3v) is 28.4. The Morgan fingerprint density at radius 3 is 0.815 bits per heavy atom. The number of pyridine rings is 2. The van der Waals surface area contributed by atoms with Gasteiger partial charge in [0.25, 0.3) is 0 Å². The standard InChI is InChI=1S/4C18H15P.C11H16BNO2.C10H7N3O2.C7H7ClN2O2.Pd/c4*1-4-10-16(11-5-1)19(17-12-6-2-7-13-17)18-14-8-3-9-15-18;1-10(2)11(3,4)15-12(14-10)9-5-7-13-8-6-9;14-10(15)9-5-8(12-6-13-9)7-1-3-11-4-2-7;1-2-12-7(11)5-3-6(8)10-4-9-5;/h4*1-15H;5-8H,1-4H3;1-6H,(H,14,15);3-4H,2H2,1H3;. The smallest absolute Gasteiger partial charge is 0.477 e. The molecule has 0 radical (unpaired) electrons. The first-order valence-corrected chi connectivity index (χ1v) is 44.1. The fourth-order valence-corrected chi connectivity index (χ4v) is 21.4. The van der Waals surface area contributed by atoms with Crippen LogP contribution in [0.4, 0.5) is 0 Å². The molecule has 0 amide bonds. The van der Waals surface area contributed by atoms with Gasteiger partial charge in [-0.15, -0.1) is 0 Å². The molecule has 119 heavy (non-hydrogen) atoms. The number of halogens is 1. The molecule has 1 aliphatic heterocycles. The summed E-state index contributed by atoms with van der Waals surface area (Å²) in [6.45, 7) is 10.2. The van der Waals surface area contributed by atoms with Gasteiger partial charge in [-0.1, -0.05) is 376 Å². The van der Waals surface area contributed by atoms with Crippen LogP contribution in [0.15, 0.2) is 438 Å². The van der Waals surface area contributed by atoms with Crippen LogP contribution in [0.5, 0.6) is 0 Å². The van der Waals surface area contributed by atoms with Crippen LogP contribution in [0, 0.1) is 0 Å². The van der Waals surface area contributed by atoms with Crippen LogP contribution < -0.4 is 69.1 Å². The van der Waals surface area contributed by atoms with Gasteiger partial charge in [-0.05, 0) is 166 Å². The van der Waals surface area contributed by atoms with Gasteiger partial charge in [0.2, 0.25) is 0 Å². The van der Waals surface area contributed by atoms with Gasteiger partial charge in [-0.2, -0.15) is 0 Å². The van der Waals surface area contributed by atoms with E-state index >= 15 is 0 Å². The van der Waals surface area contributed by atoms with E-state index in [2.05, 4.69) is 394 Å². The average molecular weight is 1750 g/mol. The van der Waals surface area contributed by atoms with E-state index < -0.39 is 43.6 Å². The van der Waals surface area contributed by atoms with E-state index in [9.17, 15) is 9.59 Å². The molecule has 12 aromatic carbocycles. The molecule has 0 unspecified atom stereocenters. The molecule has 1 N–H and O–H groups in total. The number of carboxylic acids is 1. The molecule has 4 aromatic heterocycles. The van der Waals surface area contributed by atoms with Crippen LogP contribution in [0.1, 0.15) is 55.6 Å². The second-order valence-corrected chi connectivity index (χ2v) is 36.3. The molecule has 1 fully saturated rings. The van der Waals surface area contributed by atoms with Crippen LogP contribution in [-0.4, -0.2) is 71.9 Å². The monoisotopic (exact) mass is 1750 g/mol. The fourth-order valence-electron chi connectivity index (χ4n) is 12.0. The van der Waals surface area contributed by atoms with E-state index in [1.165, 1.54) is 88.4 Å². The van der Waals surface area contributed by atoms with E-state index in [0.717, 1.165) is 11.0 Å². The number of ether oxygens (including phenoxy) is 1. The molecular formula is C100H90BClN6O6P4Pd. The summed E-state index contributed by atoms with van der Waals surface area (Å²) < 4.78 is 16.5. The first-order chi connectivity index (χ1) is 57.7. The van der Waals surface area contributed by atoms with Crippen molar-refractivity contribution in [3.8, 4) is 11.3 Å². The largest absolute Gasteiger partial charge is 0.494 e. The summed E-state index contributed by atoms with van der Waals surface area (Å²) >= 11 is 5.53. The number of carbonyl (C=O) groups is 2. The Hall–Kier alpha value is -11.3. The van der Waals surface area contributed by atoms with E-state index in [0.29, 0.717) is 12.3 Å². The molecule has 17 rings (SSSR count). The Labute approximate surface area is 723 Å². The van der Waals surface area contributed by atoms with Gasteiger partial charge in [0.1, 0.15) is 17.8 Å². The molecule has 12 nitrogen and oxygen atoms in total. The van der Waals surface area contributed by atoms with Gasteiger partial charge in [0.05, 0.1) is 23.5 Å². The first kappa shape index (κ1) is 90.0. The number of rotatable bonds is 17. The molecule has 596 valence electrons. The summed E-state index contributed by atoms with van der Waals surface area (Å²) in [7, 11) is -2.06. The van der Waals surface area contributed by atoms with Crippen molar-refractivity contribution in [2.24, 2.45) is 0 Å². The van der Waals surface area contributed by atoms with Gasteiger partial charge in [-0.25, -0.2) is 29.5 Å². The maximum atomic E-state index is 11.0. The van der Waals surface area contributed by atoms with Gasteiger partial charge in [-0.3, -0.25) is 9.97 Å². The average Bonchev–Trinajstić information content (AvgIpc) is 1.61. The van der Waals surface area contributed by atoms with Crippen molar-refractivity contribution >= 4 is 131 Å². The second kappa shape index (κ2) is 47.9. The molecule has 0 saturated carbocycles. The normalized spacial score (nSPS) is 11.9.